The van der Waals surface area contributed by atoms with Gasteiger partial charge in [0.05, 0.1) is 42.7 Å². The third kappa shape index (κ3) is 5.37. The Balaban J connectivity index is 1.35. The summed E-state index contributed by atoms with van der Waals surface area (Å²) >= 11 is 6.48. The molecule has 2 atom stereocenters. The van der Waals surface area contributed by atoms with Crippen LogP contribution in [0, 0.1) is 18.3 Å². The van der Waals surface area contributed by atoms with Gasteiger partial charge >= 0.3 is 12.1 Å². The second kappa shape index (κ2) is 11.8. The number of ether oxygens (including phenoxy) is 1. The summed E-state index contributed by atoms with van der Waals surface area (Å²) in [6, 6.07) is 8.45. The van der Waals surface area contributed by atoms with Gasteiger partial charge in [-0.2, -0.15) is 15.2 Å². The van der Waals surface area contributed by atoms with E-state index in [0.717, 1.165) is 65.0 Å². The number of hydrogen-bond acceptors (Lipinski definition) is 9. The second-order valence-electron chi connectivity index (χ2n) is 11.4. The second-order valence-corrected chi connectivity index (χ2v) is 11.7. The molecule has 2 saturated heterocycles. The minimum atomic E-state index is -1.00. The number of nitriles is 1. The van der Waals surface area contributed by atoms with Gasteiger partial charge in [0.2, 0.25) is 0 Å². The highest BCUT2D eigenvalue weighted by Crippen LogP contribution is 2.37. The summed E-state index contributed by atoms with van der Waals surface area (Å²) in [7, 11) is 2.11. The molecule has 0 bridgehead atoms. The number of carboxylic acid groups (broad SMARTS) is 1. The van der Waals surface area contributed by atoms with Crippen molar-refractivity contribution in [1.29, 1.82) is 5.26 Å². The molecule has 0 aliphatic carbocycles. The Morgan fingerprint density at radius 2 is 2.05 bits per heavy atom. The molecule has 42 heavy (non-hydrogen) atoms. The number of rotatable bonds is 6. The average Bonchev–Trinajstić information content (AvgIpc) is 3.40. The van der Waals surface area contributed by atoms with E-state index in [1.54, 1.807) is 0 Å². The first-order chi connectivity index (χ1) is 20.3. The van der Waals surface area contributed by atoms with Crippen LogP contribution in [-0.4, -0.2) is 94.4 Å². The zero-order chi connectivity index (χ0) is 29.4. The molecular formula is C30H35ClN8O3. The topological polar surface area (TPSA) is 122 Å². The van der Waals surface area contributed by atoms with E-state index in [4.69, 9.17) is 26.3 Å². The maximum atomic E-state index is 11.8. The number of likely N-dealkylation sites (N-methyl/N-ethyl adjacent to an activating group) is 1. The summed E-state index contributed by atoms with van der Waals surface area (Å²) in [5, 5.41) is 21.6. The summed E-state index contributed by atoms with van der Waals surface area (Å²) in [6.07, 6.45) is 3.89. The van der Waals surface area contributed by atoms with E-state index in [-0.39, 0.29) is 6.42 Å². The van der Waals surface area contributed by atoms with Gasteiger partial charge in [0.25, 0.3) is 0 Å². The van der Waals surface area contributed by atoms with Crippen molar-refractivity contribution in [2.24, 2.45) is 0 Å². The van der Waals surface area contributed by atoms with Gasteiger partial charge < -0.3 is 29.4 Å². The van der Waals surface area contributed by atoms with Crippen LogP contribution >= 0.6 is 11.6 Å². The van der Waals surface area contributed by atoms with E-state index in [1.807, 2.05) is 18.3 Å². The highest BCUT2D eigenvalue weighted by Gasteiger charge is 2.34. The summed E-state index contributed by atoms with van der Waals surface area (Å²) in [4.78, 5) is 34.2. The number of fused-ring (bicyclic) bond motifs is 2. The number of piperazine rings is 1. The normalized spacial score (nSPS) is 21.0. The highest BCUT2D eigenvalue weighted by atomic mass is 35.5. The molecule has 3 aliphatic rings. The van der Waals surface area contributed by atoms with Crippen molar-refractivity contribution in [3.63, 3.8) is 0 Å². The number of anilines is 2. The number of aryl methyl sites for hydroxylation is 1. The van der Waals surface area contributed by atoms with E-state index < -0.39 is 12.1 Å². The van der Waals surface area contributed by atoms with Crippen molar-refractivity contribution in [3.05, 3.63) is 46.4 Å². The van der Waals surface area contributed by atoms with Crippen LogP contribution in [0.2, 0.25) is 5.15 Å². The molecule has 1 amide bonds. The Hall–Kier alpha value is -3.88. The molecule has 0 spiro atoms. The van der Waals surface area contributed by atoms with Gasteiger partial charge in [-0.05, 0) is 45.3 Å². The lowest BCUT2D eigenvalue weighted by Crippen LogP contribution is -2.55. The smallest absolute Gasteiger partial charge is 0.407 e. The van der Waals surface area contributed by atoms with Crippen LogP contribution in [0.5, 0.6) is 6.01 Å². The minimum Gasteiger partial charge on any atom is -0.465 e. The third-order valence-corrected chi connectivity index (χ3v) is 9.15. The van der Waals surface area contributed by atoms with Crippen LogP contribution in [-0.2, 0) is 13.0 Å². The zero-order valence-electron chi connectivity index (χ0n) is 24.0. The standard InChI is InChI=1S/C30H35ClN8O3/c1-19-5-3-7-23-26(19)25(15-33-27(23)31)37-12-9-22-24(17-37)34-29(42-18-21-6-4-11-36(21)2)35-28(22)38-13-14-39(30(40)41)20(16-38)8-10-32/h3,5,7,15,20-21H,4,6,8-9,11-14,16-18H2,1-2H3,(H,40,41)/t20-,21-/m0/s1. The SMILES string of the molecule is Cc1cccc2c(Cl)ncc(N3CCc4c(nc(OC[C@@H]5CCCN5C)nc4N4CCN(C(=O)O)[C@@H](CC#N)C4)C3)c12. The lowest BCUT2D eigenvalue weighted by molar-refractivity contribution is 0.119. The number of hydrogen-bond donors (Lipinski definition) is 1. The molecule has 12 heteroatoms. The molecule has 11 nitrogen and oxygen atoms in total. The Morgan fingerprint density at radius 1 is 1.19 bits per heavy atom. The van der Waals surface area contributed by atoms with Crippen LogP contribution in [0.25, 0.3) is 10.8 Å². The highest BCUT2D eigenvalue weighted by molar-refractivity contribution is 6.34. The van der Waals surface area contributed by atoms with Crippen molar-refractivity contribution in [2.45, 2.75) is 51.2 Å². The molecule has 3 aliphatic heterocycles. The van der Waals surface area contributed by atoms with Gasteiger partial charge in [0.1, 0.15) is 17.6 Å². The first-order valence-corrected chi connectivity index (χ1v) is 14.8. The molecular weight excluding hydrogens is 556 g/mol. The first kappa shape index (κ1) is 28.2. The Morgan fingerprint density at radius 3 is 2.81 bits per heavy atom. The molecule has 1 aromatic carbocycles. The summed E-state index contributed by atoms with van der Waals surface area (Å²) < 4.78 is 6.24. The van der Waals surface area contributed by atoms with Crippen molar-refractivity contribution in [3.8, 4) is 12.1 Å². The van der Waals surface area contributed by atoms with Gasteiger partial charge in [-0.3, -0.25) is 0 Å². The van der Waals surface area contributed by atoms with Crippen molar-refractivity contribution in [2.75, 3.05) is 56.2 Å². The number of nitrogens with zero attached hydrogens (tertiary/aromatic N) is 8. The van der Waals surface area contributed by atoms with E-state index in [1.165, 1.54) is 4.90 Å². The van der Waals surface area contributed by atoms with E-state index in [9.17, 15) is 15.2 Å². The van der Waals surface area contributed by atoms with Crippen LogP contribution < -0.4 is 14.5 Å². The maximum absolute atomic E-state index is 11.8. The largest absolute Gasteiger partial charge is 0.465 e. The Bertz CT molecular complexity index is 1550. The van der Waals surface area contributed by atoms with E-state index >= 15 is 0 Å². The number of aromatic nitrogens is 3. The first-order valence-electron chi connectivity index (χ1n) is 14.5. The lowest BCUT2D eigenvalue weighted by Gasteiger charge is -2.41. The summed E-state index contributed by atoms with van der Waals surface area (Å²) in [5.74, 6) is 0.776. The molecule has 220 valence electrons. The number of benzene rings is 1. The molecule has 3 aromatic rings. The summed E-state index contributed by atoms with van der Waals surface area (Å²) in [6.45, 7) is 6.11. The average molecular weight is 591 g/mol. The molecule has 6 rings (SSSR count). The van der Waals surface area contributed by atoms with Gasteiger partial charge in [-0.25, -0.2) is 9.78 Å². The van der Waals surface area contributed by atoms with Gasteiger partial charge in [0, 0.05) is 48.6 Å². The quantitative estimate of drug-likeness (QED) is 0.420. The van der Waals surface area contributed by atoms with Crippen LogP contribution in [0.1, 0.15) is 36.1 Å². The number of amides is 1. The monoisotopic (exact) mass is 590 g/mol. The molecule has 2 fully saturated rings. The Kier molecular flexibility index (Phi) is 7.92. The van der Waals surface area contributed by atoms with Crippen LogP contribution in [0.15, 0.2) is 24.4 Å². The van der Waals surface area contributed by atoms with Gasteiger partial charge in [0.15, 0.2) is 0 Å². The van der Waals surface area contributed by atoms with Crippen LogP contribution in [0.3, 0.4) is 0 Å². The lowest BCUT2D eigenvalue weighted by atomic mass is 10.0. The Labute approximate surface area is 250 Å². The van der Waals surface area contributed by atoms with E-state index in [2.05, 4.69) is 45.8 Å². The van der Waals surface area contributed by atoms with E-state index in [0.29, 0.717) is 56.4 Å². The van der Waals surface area contributed by atoms with Crippen molar-refractivity contribution < 1.29 is 14.6 Å². The van der Waals surface area contributed by atoms with Crippen molar-refractivity contribution in [1.82, 2.24) is 24.8 Å². The maximum Gasteiger partial charge on any atom is 0.407 e. The fraction of sp³-hybridized carbons (Fsp3) is 0.500. The molecule has 0 saturated carbocycles. The van der Waals surface area contributed by atoms with Crippen molar-refractivity contribution >= 4 is 40.0 Å². The molecule has 0 unspecified atom stereocenters. The minimum absolute atomic E-state index is 0.122. The predicted octanol–water partition coefficient (Wildman–Crippen LogP) is 4.10. The number of pyridine rings is 1. The molecule has 5 heterocycles. The van der Waals surface area contributed by atoms with Crippen LogP contribution in [0.4, 0.5) is 16.3 Å². The summed E-state index contributed by atoms with van der Waals surface area (Å²) in [5.41, 5.74) is 4.07. The number of halogens is 1. The van der Waals surface area contributed by atoms with Gasteiger partial charge in [-0.15, -0.1) is 0 Å². The number of likely N-dealkylation sites (tertiary alicyclic amines) is 1. The predicted molar refractivity (Wildman–Crippen MR) is 160 cm³/mol. The third-order valence-electron chi connectivity index (χ3n) is 8.85. The molecule has 1 N–H and O–H groups in total. The van der Waals surface area contributed by atoms with Gasteiger partial charge in [-0.1, -0.05) is 29.8 Å². The molecule has 0 radical (unpaired) electrons. The number of carbonyl (C=O) groups is 1. The zero-order valence-corrected chi connectivity index (χ0v) is 24.7. The fourth-order valence-corrected chi connectivity index (χ4v) is 6.74. The molecule has 2 aromatic heterocycles. The fourth-order valence-electron chi connectivity index (χ4n) is 6.53.